The molecule has 2 heterocycles. The molecule has 9 nitrogen and oxygen atoms in total. The quantitative estimate of drug-likeness (QED) is 0.435. The molecular formula is C25H18ClN5O4S. The van der Waals surface area contributed by atoms with Crippen molar-refractivity contribution in [3.8, 4) is 5.75 Å². The Morgan fingerprint density at radius 1 is 1.03 bits per heavy atom. The number of phenols is 1. The highest BCUT2D eigenvalue weighted by Crippen LogP contribution is 2.35. The van der Waals surface area contributed by atoms with Gasteiger partial charge in [0.1, 0.15) is 11.0 Å². The first kappa shape index (κ1) is 23.6. The molecule has 1 saturated heterocycles. The third kappa shape index (κ3) is 4.81. The van der Waals surface area contributed by atoms with Crippen LogP contribution >= 0.6 is 23.4 Å². The molecule has 3 aromatic carbocycles. The van der Waals surface area contributed by atoms with Crippen molar-refractivity contribution >= 4 is 69.0 Å². The SMILES string of the molecule is O=C(CC1S/C(=N/N=C2\C(=O)Nc3ccccc32)N(c2ccc(O)cc2)C1=O)Nc1ccc(Cl)cc1. The van der Waals surface area contributed by atoms with Crippen LogP contribution in [0.15, 0.2) is 83.0 Å². The molecule has 1 unspecified atom stereocenters. The highest BCUT2D eigenvalue weighted by atomic mass is 35.5. The average Bonchev–Trinajstić information content (AvgIpc) is 3.35. The van der Waals surface area contributed by atoms with Crippen LogP contribution in [0.4, 0.5) is 17.1 Å². The Labute approximate surface area is 214 Å². The van der Waals surface area contributed by atoms with Crippen LogP contribution in [0.1, 0.15) is 12.0 Å². The van der Waals surface area contributed by atoms with Gasteiger partial charge < -0.3 is 15.7 Å². The highest BCUT2D eigenvalue weighted by Gasteiger charge is 2.40. The van der Waals surface area contributed by atoms with Crippen LogP contribution in [0.2, 0.25) is 5.02 Å². The zero-order valence-electron chi connectivity index (χ0n) is 18.5. The maximum Gasteiger partial charge on any atom is 0.276 e. The first-order valence-electron chi connectivity index (χ1n) is 10.8. The Bertz CT molecular complexity index is 1420. The number of para-hydroxylation sites is 1. The van der Waals surface area contributed by atoms with Gasteiger partial charge in [-0.15, -0.1) is 10.2 Å². The van der Waals surface area contributed by atoms with E-state index in [1.165, 1.54) is 17.0 Å². The van der Waals surface area contributed by atoms with Crippen LogP contribution < -0.4 is 15.5 Å². The van der Waals surface area contributed by atoms with E-state index >= 15 is 0 Å². The summed E-state index contributed by atoms with van der Waals surface area (Å²) < 4.78 is 0. The van der Waals surface area contributed by atoms with Gasteiger partial charge >= 0.3 is 0 Å². The fourth-order valence-electron chi connectivity index (χ4n) is 3.71. The monoisotopic (exact) mass is 519 g/mol. The molecule has 2 aliphatic heterocycles. The standard InChI is InChI=1S/C25H18ClN5O4S/c26-14-5-7-15(8-6-14)27-21(33)13-20-24(35)31(16-9-11-17(32)12-10-16)25(36-20)30-29-22-18-3-1-2-4-19(18)28-23(22)34/h1-12,20,32H,13H2,(H,27,33)(H,28,29,34)/b30-25+. The Kier molecular flexibility index (Phi) is 6.45. The summed E-state index contributed by atoms with van der Waals surface area (Å²) >= 11 is 6.96. The molecule has 36 heavy (non-hydrogen) atoms. The summed E-state index contributed by atoms with van der Waals surface area (Å²) in [5.41, 5.74) is 2.36. The summed E-state index contributed by atoms with van der Waals surface area (Å²) in [6.07, 6.45) is -0.111. The number of amidine groups is 1. The fraction of sp³-hybridized carbons (Fsp3) is 0.0800. The molecule has 0 bridgehead atoms. The molecule has 3 aromatic rings. The number of fused-ring (bicyclic) bond motifs is 1. The lowest BCUT2D eigenvalue weighted by Gasteiger charge is -2.16. The summed E-state index contributed by atoms with van der Waals surface area (Å²) in [4.78, 5) is 39.7. The Morgan fingerprint density at radius 3 is 2.50 bits per heavy atom. The number of hydrogen-bond acceptors (Lipinski definition) is 7. The minimum Gasteiger partial charge on any atom is -0.508 e. The van der Waals surface area contributed by atoms with E-state index in [1.807, 2.05) is 0 Å². The molecule has 5 rings (SSSR count). The van der Waals surface area contributed by atoms with E-state index in [0.717, 1.165) is 11.8 Å². The first-order valence-corrected chi connectivity index (χ1v) is 12.1. The number of nitrogens with zero attached hydrogens (tertiary/aromatic N) is 3. The number of thioether (sulfide) groups is 1. The number of benzene rings is 3. The number of rotatable bonds is 5. The van der Waals surface area contributed by atoms with Gasteiger partial charge in [-0.2, -0.15) is 0 Å². The van der Waals surface area contributed by atoms with E-state index < -0.39 is 11.2 Å². The molecule has 0 saturated carbocycles. The topological polar surface area (TPSA) is 123 Å². The van der Waals surface area contributed by atoms with Crippen LogP contribution in [-0.4, -0.2) is 39.0 Å². The van der Waals surface area contributed by atoms with Gasteiger partial charge in [-0.1, -0.05) is 41.6 Å². The van der Waals surface area contributed by atoms with E-state index in [4.69, 9.17) is 11.6 Å². The van der Waals surface area contributed by atoms with Crippen molar-refractivity contribution in [2.24, 2.45) is 10.2 Å². The molecule has 3 amide bonds. The highest BCUT2D eigenvalue weighted by molar-refractivity contribution is 8.16. The number of halogens is 1. The van der Waals surface area contributed by atoms with E-state index in [-0.39, 0.29) is 34.9 Å². The molecule has 0 spiro atoms. The number of aromatic hydroxyl groups is 1. The van der Waals surface area contributed by atoms with Crippen LogP contribution in [0, 0.1) is 0 Å². The maximum atomic E-state index is 13.3. The van der Waals surface area contributed by atoms with Gasteiger partial charge in [-0.25, -0.2) is 0 Å². The Morgan fingerprint density at radius 2 is 1.75 bits per heavy atom. The molecule has 180 valence electrons. The maximum absolute atomic E-state index is 13.3. The zero-order chi connectivity index (χ0) is 25.2. The smallest absolute Gasteiger partial charge is 0.276 e. The minimum atomic E-state index is -0.769. The number of phenolic OH excluding ortho intramolecular Hbond substituents is 1. The summed E-state index contributed by atoms with van der Waals surface area (Å²) in [6, 6.07) is 19.7. The van der Waals surface area contributed by atoms with E-state index in [1.54, 1.807) is 60.7 Å². The number of carbonyl (C=O) groups excluding carboxylic acids is 3. The summed E-state index contributed by atoms with van der Waals surface area (Å²) in [6.45, 7) is 0. The molecule has 0 aromatic heterocycles. The second kappa shape index (κ2) is 9.84. The van der Waals surface area contributed by atoms with Crippen molar-refractivity contribution in [1.82, 2.24) is 0 Å². The largest absolute Gasteiger partial charge is 0.508 e. The van der Waals surface area contributed by atoms with Crippen LogP contribution in [0.5, 0.6) is 5.75 Å². The number of carbonyl (C=O) groups is 3. The van der Waals surface area contributed by atoms with Crippen LogP contribution in [0.25, 0.3) is 0 Å². The van der Waals surface area contributed by atoms with Crippen LogP contribution in [0.3, 0.4) is 0 Å². The Balaban J connectivity index is 1.42. The number of hydrogen-bond donors (Lipinski definition) is 3. The lowest BCUT2D eigenvalue weighted by molar-refractivity contribution is -0.121. The van der Waals surface area contributed by atoms with Gasteiger partial charge in [-0.05, 0) is 54.6 Å². The van der Waals surface area contributed by atoms with Gasteiger partial charge in [0.2, 0.25) is 11.8 Å². The van der Waals surface area contributed by atoms with Crippen molar-refractivity contribution in [3.63, 3.8) is 0 Å². The number of nitrogens with one attached hydrogen (secondary N) is 2. The molecule has 1 atom stereocenters. The van der Waals surface area contributed by atoms with Crippen molar-refractivity contribution in [1.29, 1.82) is 0 Å². The molecule has 0 aliphatic carbocycles. The fourth-order valence-corrected chi connectivity index (χ4v) is 4.92. The molecular weight excluding hydrogens is 502 g/mol. The summed E-state index contributed by atoms with van der Waals surface area (Å²) in [7, 11) is 0. The Hall–Kier alpha value is -4.15. The average molecular weight is 520 g/mol. The normalized spacial score (nSPS) is 19.0. The van der Waals surface area contributed by atoms with Crippen molar-refractivity contribution < 1.29 is 19.5 Å². The van der Waals surface area contributed by atoms with Crippen LogP contribution in [-0.2, 0) is 14.4 Å². The van der Waals surface area contributed by atoms with Gasteiger partial charge in [0, 0.05) is 22.7 Å². The predicted molar refractivity (Wildman–Crippen MR) is 141 cm³/mol. The summed E-state index contributed by atoms with van der Waals surface area (Å²) in [5, 5.41) is 23.5. The number of anilines is 3. The van der Waals surface area contributed by atoms with Gasteiger partial charge in [0.05, 0.1) is 11.4 Å². The van der Waals surface area contributed by atoms with E-state index in [2.05, 4.69) is 20.8 Å². The summed E-state index contributed by atoms with van der Waals surface area (Å²) in [5.74, 6) is -1.09. The zero-order valence-corrected chi connectivity index (χ0v) is 20.1. The van der Waals surface area contributed by atoms with Crippen molar-refractivity contribution in [2.75, 3.05) is 15.5 Å². The molecule has 2 aliphatic rings. The molecule has 0 radical (unpaired) electrons. The van der Waals surface area contributed by atoms with Gasteiger partial charge in [-0.3, -0.25) is 19.3 Å². The van der Waals surface area contributed by atoms with Gasteiger partial charge in [0.25, 0.3) is 5.91 Å². The third-order valence-corrected chi connectivity index (χ3v) is 6.80. The lowest BCUT2D eigenvalue weighted by atomic mass is 10.1. The molecule has 11 heteroatoms. The molecule has 3 N–H and O–H groups in total. The minimum absolute atomic E-state index is 0.0370. The predicted octanol–water partition coefficient (Wildman–Crippen LogP) is 4.24. The first-order chi connectivity index (χ1) is 17.4. The molecule has 1 fully saturated rings. The van der Waals surface area contributed by atoms with E-state index in [0.29, 0.717) is 27.6 Å². The number of amides is 3. The van der Waals surface area contributed by atoms with Crippen molar-refractivity contribution in [2.45, 2.75) is 11.7 Å². The second-order valence-corrected chi connectivity index (χ2v) is 9.49. The van der Waals surface area contributed by atoms with E-state index in [9.17, 15) is 19.5 Å². The van der Waals surface area contributed by atoms with Crippen molar-refractivity contribution in [3.05, 3.63) is 83.4 Å². The second-order valence-electron chi connectivity index (χ2n) is 7.89. The van der Waals surface area contributed by atoms with Gasteiger partial charge in [0.15, 0.2) is 10.9 Å². The third-order valence-electron chi connectivity index (χ3n) is 5.42. The lowest BCUT2D eigenvalue weighted by Crippen LogP contribution is -2.33.